The molecule has 0 aliphatic carbocycles. The monoisotopic (exact) mass is 282 g/mol. The molecule has 1 unspecified atom stereocenters. The van der Waals surface area contributed by atoms with Crippen LogP contribution in [0.3, 0.4) is 0 Å². The number of carbonyl (C=O) groups is 1. The van der Waals surface area contributed by atoms with Crippen molar-refractivity contribution < 1.29 is 15.0 Å². The molecule has 0 bridgehead atoms. The summed E-state index contributed by atoms with van der Waals surface area (Å²) in [6, 6.07) is 0.0127. The fraction of sp³-hybridized carbons (Fsp3) is 0.800. The predicted molar refractivity (Wildman–Crippen MR) is 72.1 cm³/mol. The molecule has 18 heavy (non-hydrogen) atoms. The Bertz CT molecular complexity index is 293. The number of ether oxygens (including phenoxy) is 1. The van der Waals surface area contributed by atoms with E-state index in [9.17, 15) is 4.79 Å². The molecule has 8 heteroatoms. The maximum absolute atomic E-state index is 11.5. The number of nitrogens with one attached hydrogen (secondary N) is 2. The van der Waals surface area contributed by atoms with E-state index in [-0.39, 0.29) is 29.9 Å². The second-order valence-electron chi connectivity index (χ2n) is 4.96. The van der Waals surface area contributed by atoms with Crippen molar-refractivity contribution in [2.24, 2.45) is 5.73 Å². The van der Waals surface area contributed by atoms with Crippen LogP contribution < -0.4 is 11.1 Å². The van der Waals surface area contributed by atoms with Crippen LogP contribution in [0.1, 0.15) is 27.2 Å². The van der Waals surface area contributed by atoms with Crippen molar-refractivity contribution in [3.05, 3.63) is 0 Å². The Labute approximate surface area is 113 Å². The summed E-state index contributed by atoms with van der Waals surface area (Å²) >= 11 is 0. The summed E-state index contributed by atoms with van der Waals surface area (Å²) in [5.41, 5.74) is 4.87. The molecule has 1 rings (SSSR count). The van der Waals surface area contributed by atoms with Crippen molar-refractivity contribution in [1.29, 1.82) is 5.41 Å². The van der Waals surface area contributed by atoms with Gasteiger partial charge >= 0.3 is 6.09 Å². The summed E-state index contributed by atoms with van der Waals surface area (Å²) in [6.45, 7) is 6.75. The van der Waals surface area contributed by atoms with Crippen molar-refractivity contribution in [3.8, 4) is 0 Å². The number of likely N-dealkylation sites (tertiary alicyclic amines) is 1. The second kappa shape index (κ2) is 7.27. The number of rotatable bonds is 1. The quantitative estimate of drug-likeness (QED) is 0.465. The number of carbonyl (C=O) groups excluding carboxylic acids is 1. The Kier molecular flexibility index (Phi) is 7.73. The lowest BCUT2D eigenvalue weighted by atomic mass is 10.2. The first-order valence-corrected chi connectivity index (χ1v) is 5.36. The summed E-state index contributed by atoms with van der Waals surface area (Å²) in [6.07, 6.45) is 0.377. The molecule has 0 radical (unpaired) electrons. The third kappa shape index (κ3) is 6.51. The zero-order chi connectivity index (χ0) is 12.3. The van der Waals surface area contributed by atoms with E-state index < -0.39 is 11.7 Å². The molecule has 1 saturated heterocycles. The Morgan fingerprint density at radius 1 is 1.50 bits per heavy atom. The first kappa shape index (κ1) is 19.1. The van der Waals surface area contributed by atoms with Crippen LogP contribution in [0.25, 0.3) is 0 Å². The Balaban J connectivity index is 0. The first-order chi connectivity index (χ1) is 7.28. The fourth-order valence-corrected chi connectivity index (χ4v) is 1.57. The van der Waals surface area contributed by atoms with E-state index in [2.05, 4.69) is 5.32 Å². The van der Waals surface area contributed by atoms with E-state index in [1.54, 1.807) is 4.90 Å². The smallest absolute Gasteiger partial charge is 0.407 e. The van der Waals surface area contributed by atoms with E-state index in [1.807, 2.05) is 20.8 Å². The van der Waals surface area contributed by atoms with Crippen LogP contribution in [0.5, 0.6) is 0 Å². The van der Waals surface area contributed by atoms with Gasteiger partial charge in [0.25, 0.3) is 0 Å². The molecule has 1 aliphatic rings. The van der Waals surface area contributed by atoms with Gasteiger partial charge in [-0.1, -0.05) is 0 Å². The Hall–Kier alpha value is -1.21. The van der Waals surface area contributed by atoms with Gasteiger partial charge in [-0.3, -0.25) is 5.41 Å². The van der Waals surface area contributed by atoms with Crippen LogP contribution in [-0.2, 0) is 4.74 Å². The molecule has 0 aromatic rings. The molecule has 1 fully saturated rings. The third-order valence-corrected chi connectivity index (χ3v) is 2.25. The average Bonchev–Trinajstić information content (AvgIpc) is 2.48. The molecule has 1 amide bonds. The molecular formula is C10H23ClN4O3. The minimum atomic E-state index is -0.483. The van der Waals surface area contributed by atoms with Gasteiger partial charge in [-0.2, -0.15) is 0 Å². The lowest BCUT2D eigenvalue weighted by molar-refractivity contribution is 0.0507. The summed E-state index contributed by atoms with van der Waals surface area (Å²) in [7, 11) is 0. The number of guanidine groups is 1. The highest BCUT2D eigenvalue weighted by Crippen LogP contribution is 2.10. The summed E-state index contributed by atoms with van der Waals surface area (Å²) in [4.78, 5) is 13.2. The standard InChI is InChI=1S/C10H20N4O2.ClH.H2O/c1-10(2,3)16-9(15)13-7-4-5-14(6-7)8(11)12;;/h7H,4-6H2,1-3H3,(H3,11,12)(H,13,15);1H;1H2. The zero-order valence-corrected chi connectivity index (χ0v) is 11.8. The van der Waals surface area contributed by atoms with Crippen molar-refractivity contribution in [1.82, 2.24) is 10.2 Å². The highest BCUT2D eigenvalue weighted by atomic mass is 35.5. The number of halogens is 1. The molecule has 0 saturated carbocycles. The van der Waals surface area contributed by atoms with E-state index in [0.717, 1.165) is 6.42 Å². The van der Waals surface area contributed by atoms with E-state index in [0.29, 0.717) is 13.1 Å². The van der Waals surface area contributed by atoms with Gasteiger partial charge < -0.3 is 26.2 Å². The highest BCUT2D eigenvalue weighted by molar-refractivity contribution is 5.85. The van der Waals surface area contributed by atoms with Gasteiger partial charge in [0.2, 0.25) is 0 Å². The van der Waals surface area contributed by atoms with E-state index >= 15 is 0 Å². The average molecular weight is 283 g/mol. The van der Waals surface area contributed by atoms with E-state index in [4.69, 9.17) is 15.9 Å². The highest BCUT2D eigenvalue weighted by Gasteiger charge is 2.26. The number of nitrogens with zero attached hydrogens (tertiary/aromatic N) is 1. The van der Waals surface area contributed by atoms with Gasteiger partial charge in [0.15, 0.2) is 5.96 Å². The molecule has 0 aromatic carbocycles. The van der Waals surface area contributed by atoms with Gasteiger partial charge in [-0.05, 0) is 27.2 Å². The number of hydrogen-bond donors (Lipinski definition) is 3. The van der Waals surface area contributed by atoms with E-state index in [1.165, 1.54) is 0 Å². The number of alkyl carbamates (subject to hydrolysis) is 1. The normalized spacial score (nSPS) is 18.4. The van der Waals surface area contributed by atoms with Crippen LogP contribution >= 0.6 is 12.4 Å². The maximum Gasteiger partial charge on any atom is 0.407 e. The molecule has 0 spiro atoms. The van der Waals surface area contributed by atoms with Crippen molar-refractivity contribution in [2.75, 3.05) is 13.1 Å². The molecule has 0 aromatic heterocycles. The number of hydrogen-bond acceptors (Lipinski definition) is 3. The summed E-state index contributed by atoms with van der Waals surface area (Å²) < 4.78 is 5.14. The Morgan fingerprint density at radius 2 is 2.06 bits per heavy atom. The topological polar surface area (TPSA) is 123 Å². The summed E-state index contributed by atoms with van der Waals surface area (Å²) in [5.74, 6) is 0.0495. The van der Waals surface area contributed by atoms with Crippen molar-refractivity contribution in [2.45, 2.75) is 38.8 Å². The van der Waals surface area contributed by atoms with Crippen LogP contribution in [-0.4, -0.2) is 47.2 Å². The molecule has 108 valence electrons. The zero-order valence-electron chi connectivity index (χ0n) is 10.9. The van der Waals surface area contributed by atoms with Gasteiger partial charge in [-0.25, -0.2) is 4.79 Å². The van der Waals surface area contributed by atoms with Crippen LogP contribution in [0, 0.1) is 5.41 Å². The lowest BCUT2D eigenvalue weighted by Gasteiger charge is -2.22. The minimum Gasteiger partial charge on any atom is -0.444 e. The molecule has 1 atom stereocenters. The van der Waals surface area contributed by atoms with Crippen LogP contribution in [0.15, 0.2) is 0 Å². The molecule has 1 heterocycles. The fourth-order valence-electron chi connectivity index (χ4n) is 1.57. The van der Waals surface area contributed by atoms with Gasteiger partial charge in [0.05, 0.1) is 6.04 Å². The van der Waals surface area contributed by atoms with Crippen LogP contribution in [0.2, 0.25) is 0 Å². The van der Waals surface area contributed by atoms with Crippen LogP contribution in [0.4, 0.5) is 4.79 Å². The van der Waals surface area contributed by atoms with Gasteiger partial charge in [-0.15, -0.1) is 12.4 Å². The molecule has 1 aliphatic heterocycles. The second-order valence-corrected chi connectivity index (χ2v) is 4.96. The first-order valence-electron chi connectivity index (χ1n) is 5.36. The molecule has 6 N–H and O–H groups in total. The molecular weight excluding hydrogens is 260 g/mol. The number of nitrogens with two attached hydrogens (primary N) is 1. The van der Waals surface area contributed by atoms with Crippen molar-refractivity contribution >= 4 is 24.5 Å². The molecule has 7 nitrogen and oxygen atoms in total. The SMILES string of the molecule is CC(C)(C)OC(=O)NC1CCN(C(=N)N)C1.Cl.O. The predicted octanol–water partition coefficient (Wildman–Crippen LogP) is 0.0760. The largest absolute Gasteiger partial charge is 0.444 e. The lowest BCUT2D eigenvalue weighted by Crippen LogP contribution is -2.42. The van der Waals surface area contributed by atoms with Crippen molar-refractivity contribution in [3.63, 3.8) is 0 Å². The Morgan fingerprint density at radius 3 is 2.44 bits per heavy atom. The maximum atomic E-state index is 11.5. The van der Waals surface area contributed by atoms with Gasteiger partial charge in [0.1, 0.15) is 5.60 Å². The number of amides is 1. The summed E-state index contributed by atoms with van der Waals surface area (Å²) in [5, 5.41) is 10.0. The minimum absolute atomic E-state index is 0. The van der Waals surface area contributed by atoms with Gasteiger partial charge in [0, 0.05) is 13.1 Å². The third-order valence-electron chi connectivity index (χ3n) is 2.25.